The molecule has 1 amide bonds. The molecule has 10 heteroatoms. The van der Waals surface area contributed by atoms with Crippen molar-refractivity contribution in [1.29, 1.82) is 0 Å². The molecular formula is C28H27BrN2O6S. The number of ether oxygens (including phenoxy) is 2. The summed E-state index contributed by atoms with van der Waals surface area (Å²) >= 11 is 4.42. The second-order valence-corrected chi connectivity index (χ2v) is 10.5. The van der Waals surface area contributed by atoms with Gasteiger partial charge in [-0.2, -0.15) is 0 Å². The molecule has 38 heavy (non-hydrogen) atoms. The number of aliphatic hydroxyl groups excluding tert-OH is 1. The van der Waals surface area contributed by atoms with Crippen molar-refractivity contribution in [1.82, 2.24) is 4.98 Å². The summed E-state index contributed by atoms with van der Waals surface area (Å²) in [6.07, 6.45) is 1.86. The zero-order valence-electron chi connectivity index (χ0n) is 21.2. The highest BCUT2D eigenvalue weighted by Crippen LogP contribution is 2.44. The number of rotatable bonds is 9. The Labute approximate surface area is 233 Å². The van der Waals surface area contributed by atoms with Crippen molar-refractivity contribution >= 4 is 55.8 Å². The van der Waals surface area contributed by atoms with Crippen molar-refractivity contribution in [2.75, 3.05) is 18.1 Å². The first-order valence-electron chi connectivity index (χ1n) is 12.2. The predicted octanol–water partition coefficient (Wildman–Crippen LogP) is 6.20. The highest BCUT2D eigenvalue weighted by Gasteiger charge is 2.48. The normalized spacial score (nSPS) is 16.6. The van der Waals surface area contributed by atoms with Crippen LogP contribution in [0.15, 0.2) is 58.6 Å². The number of unbranched alkanes of at least 4 members (excludes halogenated alkanes) is 1. The van der Waals surface area contributed by atoms with Crippen LogP contribution in [0.3, 0.4) is 0 Å². The number of benzene rings is 2. The summed E-state index contributed by atoms with van der Waals surface area (Å²) in [5.41, 5.74) is 1.24. The number of amides is 1. The fourth-order valence-electron chi connectivity index (χ4n) is 4.12. The highest BCUT2D eigenvalue weighted by atomic mass is 79.9. The zero-order chi connectivity index (χ0) is 27.4. The topological polar surface area (TPSA) is 106 Å². The molecule has 2 heterocycles. The third kappa shape index (κ3) is 5.51. The quantitative estimate of drug-likeness (QED) is 0.103. The van der Waals surface area contributed by atoms with Gasteiger partial charge in [-0.1, -0.05) is 64.9 Å². The number of carbonyl (C=O) groups is 3. The van der Waals surface area contributed by atoms with Gasteiger partial charge in [0.15, 0.2) is 5.13 Å². The lowest BCUT2D eigenvalue weighted by molar-refractivity contribution is -0.132. The van der Waals surface area contributed by atoms with Gasteiger partial charge in [0.05, 0.1) is 30.5 Å². The molecular weight excluding hydrogens is 572 g/mol. The van der Waals surface area contributed by atoms with Crippen LogP contribution in [-0.2, 0) is 14.3 Å². The van der Waals surface area contributed by atoms with Gasteiger partial charge in [-0.25, -0.2) is 9.78 Å². The Hall–Kier alpha value is -3.50. The largest absolute Gasteiger partial charge is 0.507 e. The first-order valence-corrected chi connectivity index (χ1v) is 13.8. The summed E-state index contributed by atoms with van der Waals surface area (Å²) in [7, 11) is 0. The molecule has 2 aromatic carbocycles. The molecule has 1 N–H and O–H groups in total. The Bertz CT molecular complexity index is 1420. The van der Waals surface area contributed by atoms with Gasteiger partial charge in [0.1, 0.15) is 16.4 Å². The summed E-state index contributed by atoms with van der Waals surface area (Å²) in [6, 6.07) is 12.9. The van der Waals surface area contributed by atoms with Crippen LogP contribution in [0.2, 0.25) is 0 Å². The first kappa shape index (κ1) is 27.5. The molecule has 4 rings (SSSR count). The molecule has 1 atom stereocenters. The van der Waals surface area contributed by atoms with Gasteiger partial charge >= 0.3 is 11.9 Å². The van der Waals surface area contributed by atoms with Crippen molar-refractivity contribution < 1.29 is 29.0 Å². The summed E-state index contributed by atoms with van der Waals surface area (Å²) < 4.78 is 11.6. The molecule has 1 unspecified atom stereocenters. The van der Waals surface area contributed by atoms with E-state index in [1.54, 1.807) is 56.3 Å². The number of nitrogens with zero attached hydrogens (tertiary/aromatic N) is 2. The molecule has 0 aliphatic carbocycles. The van der Waals surface area contributed by atoms with Gasteiger partial charge in [0.2, 0.25) is 0 Å². The number of anilines is 1. The first-order chi connectivity index (χ1) is 18.3. The maximum Gasteiger partial charge on any atom is 0.350 e. The molecule has 0 saturated carbocycles. The van der Waals surface area contributed by atoms with Crippen LogP contribution in [0.4, 0.5) is 5.13 Å². The minimum absolute atomic E-state index is 0.0793. The zero-order valence-corrected chi connectivity index (χ0v) is 23.6. The fraction of sp³-hybridized carbons (Fsp3) is 0.286. The fourth-order valence-corrected chi connectivity index (χ4v) is 5.52. The van der Waals surface area contributed by atoms with Gasteiger partial charge in [-0.3, -0.25) is 14.5 Å². The average molecular weight is 600 g/mol. The standard InChI is InChI=1S/C28H27BrN2O6S/c1-4-6-13-37-20-12-8-10-18(15-20)23(32)21-22(17-9-7-11-19(29)14-17)31(26(34)24(21)33)28-30-16(3)25(38-28)27(35)36-5-2/h7-12,14-15,22,32H,4-6,13H2,1-3H3. The molecule has 1 aliphatic heterocycles. The number of aromatic nitrogens is 1. The Morgan fingerprint density at radius 1 is 1.16 bits per heavy atom. The van der Waals surface area contributed by atoms with Crippen LogP contribution in [-0.4, -0.2) is 41.0 Å². The molecule has 1 fully saturated rings. The van der Waals surface area contributed by atoms with Gasteiger partial charge in [0, 0.05) is 10.0 Å². The van der Waals surface area contributed by atoms with E-state index in [9.17, 15) is 19.5 Å². The Balaban J connectivity index is 1.85. The molecule has 1 saturated heterocycles. The number of thiazole rings is 1. The lowest BCUT2D eigenvalue weighted by atomic mass is 9.95. The van der Waals surface area contributed by atoms with Crippen LogP contribution in [0, 0.1) is 6.92 Å². The molecule has 1 aliphatic rings. The van der Waals surface area contributed by atoms with E-state index in [0.717, 1.165) is 28.7 Å². The smallest absolute Gasteiger partial charge is 0.350 e. The molecule has 0 radical (unpaired) electrons. The third-order valence-electron chi connectivity index (χ3n) is 5.94. The van der Waals surface area contributed by atoms with Crippen LogP contribution in [0.25, 0.3) is 5.76 Å². The SMILES string of the molecule is CCCCOc1cccc(C(O)=C2C(=O)C(=O)N(c3nc(C)c(C(=O)OCC)s3)C2c2cccc(Br)c2)c1. The van der Waals surface area contributed by atoms with E-state index in [4.69, 9.17) is 9.47 Å². The number of ketones is 1. The maximum absolute atomic E-state index is 13.4. The van der Waals surface area contributed by atoms with E-state index in [0.29, 0.717) is 29.2 Å². The van der Waals surface area contributed by atoms with E-state index in [-0.39, 0.29) is 27.9 Å². The second-order valence-electron chi connectivity index (χ2n) is 8.59. The molecule has 198 valence electrons. The third-order valence-corrected chi connectivity index (χ3v) is 7.57. The van der Waals surface area contributed by atoms with Crippen molar-refractivity contribution in [3.05, 3.63) is 80.3 Å². The summed E-state index contributed by atoms with van der Waals surface area (Å²) in [6.45, 7) is 6.11. The summed E-state index contributed by atoms with van der Waals surface area (Å²) in [4.78, 5) is 45.2. The van der Waals surface area contributed by atoms with Crippen molar-refractivity contribution in [3.8, 4) is 5.75 Å². The number of aliphatic hydroxyl groups is 1. The summed E-state index contributed by atoms with van der Waals surface area (Å²) in [5.74, 6) is -2.03. The Morgan fingerprint density at radius 3 is 2.63 bits per heavy atom. The van der Waals surface area contributed by atoms with E-state index in [1.807, 2.05) is 6.07 Å². The van der Waals surface area contributed by atoms with Gasteiger partial charge < -0.3 is 14.6 Å². The molecule has 8 nitrogen and oxygen atoms in total. The van der Waals surface area contributed by atoms with Gasteiger partial charge in [0.25, 0.3) is 5.78 Å². The van der Waals surface area contributed by atoms with Gasteiger partial charge in [-0.05, 0) is 50.1 Å². The lowest BCUT2D eigenvalue weighted by Gasteiger charge is -2.23. The van der Waals surface area contributed by atoms with E-state index in [1.165, 1.54) is 4.90 Å². The molecule has 0 bridgehead atoms. The number of aryl methyl sites for hydroxylation is 1. The molecule has 0 spiro atoms. The number of halogens is 1. The van der Waals surface area contributed by atoms with Crippen LogP contribution in [0.1, 0.15) is 59.2 Å². The van der Waals surface area contributed by atoms with Crippen molar-refractivity contribution in [3.63, 3.8) is 0 Å². The Morgan fingerprint density at radius 2 is 1.92 bits per heavy atom. The predicted molar refractivity (Wildman–Crippen MR) is 149 cm³/mol. The highest BCUT2D eigenvalue weighted by molar-refractivity contribution is 9.10. The minimum Gasteiger partial charge on any atom is -0.507 e. The average Bonchev–Trinajstić information content (AvgIpc) is 3.41. The lowest BCUT2D eigenvalue weighted by Crippen LogP contribution is -2.29. The van der Waals surface area contributed by atoms with E-state index in [2.05, 4.69) is 27.8 Å². The van der Waals surface area contributed by atoms with E-state index >= 15 is 0 Å². The van der Waals surface area contributed by atoms with Gasteiger partial charge in [-0.15, -0.1) is 0 Å². The number of hydrogen-bond donors (Lipinski definition) is 1. The second kappa shape index (κ2) is 11.9. The number of esters is 1. The van der Waals surface area contributed by atoms with Crippen molar-refractivity contribution in [2.45, 2.75) is 39.7 Å². The molecule has 3 aromatic rings. The minimum atomic E-state index is -0.974. The number of Topliss-reactive ketones (excluding diaryl/α,β-unsaturated/α-hetero) is 1. The number of hydrogen-bond acceptors (Lipinski definition) is 8. The van der Waals surface area contributed by atoms with Crippen LogP contribution < -0.4 is 9.64 Å². The molecule has 1 aromatic heterocycles. The summed E-state index contributed by atoms with van der Waals surface area (Å²) in [5, 5.41) is 11.6. The van der Waals surface area contributed by atoms with Crippen LogP contribution >= 0.6 is 27.3 Å². The number of carbonyl (C=O) groups excluding carboxylic acids is 3. The Kier molecular flexibility index (Phi) is 8.63. The van der Waals surface area contributed by atoms with E-state index < -0.39 is 23.7 Å². The van der Waals surface area contributed by atoms with Crippen LogP contribution in [0.5, 0.6) is 5.75 Å². The maximum atomic E-state index is 13.4. The monoisotopic (exact) mass is 598 g/mol. The van der Waals surface area contributed by atoms with Crippen molar-refractivity contribution in [2.24, 2.45) is 0 Å².